The molecule has 2 aromatic rings. The molecule has 0 aliphatic carbocycles. The molecule has 0 aromatic heterocycles. The summed E-state index contributed by atoms with van der Waals surface area (Å²) in [5, 5.41) is 2.85. The zero-order valence-corrected chi connectivity index (χ0v) is 20.7. The Morgan fingerprint density at radius 2 is 1.82 bits per heavy atom. The molecule has 8 nitrogen and oxygen atoms in total. The first kappa shape index (κ1) is 24.8. The smallest absolute Gasteiger partial charge is 0.263 e. The monoisotopic (exact) mass is 488 g/mol. The van der Waals surface area contributed by atoms with Gasteiger partial charge in [0.1, 0.15) is 11.9 Å². The SMILES string of the molecule is CC[C@H](C)[C@H](N=C1NS(=O)(=O)c2ccccc21)C(=O)N(C)CC(=O)Nc1ccccc1SC. The maximum atomic E-state index is 13.3. The number of carbonyl (C=O) groups excluding carboxylic acids is 2. The normalized spacial score (nSPS) is 17.0. The van der Waals surface area contributed by atoms with Crippen LogP contribution in [0.4, 0.5) is 5.69 Å². The van der Waals surface area contributed by atoms with E-state index in [0.29, 0.717) is 17.7 Å². The molecule has 0 unspecified atom stereocenters. The van der Waals surface area contributed by atoms with Crippen LogP contribution in [0.25, 0.3) is 0 Å². The van der Waals surface area contributed by atoms with Gasteiger partial charge in [-0.3, -0.25) is 19.3 Å². The van der Waals surface area contributed by atoms with Crippen LogP contribution in [-0.4, -0.2) is 56.9 Å². The van der Waals surface area contributed by atoms with E-state index in [1.165, 1.54) is 22.7 Å². The summed E-state index contributed by atoms with van der Waals surface area (Å²) in [6, 6.07) is 13.1. The third-order valence-corrected chi connectivity index (χ3v) is 7.70. The van der Waals surface area contributed by atoms with E-state index in [1.807, 2.05) is 44.4 Å². The van der Waals surface area contributed by atoms with Crippen LogP contribution in [0.3, 0.4) is 0 Å². The number of amidine groups is 1. The molecule has 1 aliphatic rings. The number of hydrogen-bond acceptors (Lipinski definition) is 6. The lowest BCUT2D eigenvalue weighted by atomic mass is 9.98. The van der Waals surface area contributed by atoms with Crippen LogP contribution < -0.4 is 10.0 Å². The average molecular weight is 489 g/mol. The predicted octanol–water partition coefficient (Wildman–Crippen LogP) is 2.96. The highest BCUT2D eigenvalue weighted by molar-refractivity contribution is 7.98. The van der Waals surface area contributed by atoms with Crippen molar-refractivity contribution in [2.45, 2.75) is 36.1 Å². The molecule has 10 heteroatoms. The quantitative estimate of drug-likeness (QED) is 0.556. The van der Waals surface area contributed by atoms with Crippen molar-refractivity contribution >= 4 is 45.1 Å². The van der Waals surface area contributed by atoms with E-state index in [1.54, 1.807) is 25.2 Å². The second-order valence-electron chi connectivity index (χ2n) is 7.85. The minimum atomic E-state index is -3.71. The minimum absolute atomic E-state index is 0.138. The van der Waals surface area contributed by atoms with Gasteiger partial charge < -0.3 is 10.2 Å². The largest absolute Gasteiger partial charge is 0.335 e. The number of nitrogens with zero attached hydrogens (tertiary/aromatic N) is 2. The van der Waals surface area contributed by atoms with E-state index in [-0.39, 0.29) is 35.0 Å². The number of aliphatic imine (C=N–C) groups is 1. The molecule has 0 saturated carbocycles. The van der Waals surface area contributed by atoms with Crippen molar-refractivity contribution in [3.63, 3.8) is 0 Å². The number of nitrogens with one attached hydrogen (secondary N) is 2. The molecule has 3 rings (SSSR count). The maximum absolute atomic E-state index is 13.3. The second-order valence-corrected chi connectivity index (χ2v) is 10.4. The third-order valence-electron chi connectivity index (χ3n) is 5.50. The Hall–Kier alpha value is -2.85. The van der Waals surface area contributed by atoms with E-state index in [9.17, 15) is 18.0 Å². The van der Waals surface area contributed by atoms with Crippen molar-refractivity contribution in [2.24, 2.45) is 10.9 Å². The van der Waals surface area contributed by atoms with Gasteiger partial charge in [-0.05, 0) is 36.4 Å². The first-order chi connectivity index (χ1) is 15.7. The molecule has 2 N–H and O–H groups in total. The van der Waals surface area contributed by atoms with Gasteiger partial charge >= 0.3 is 0 Å². The van der Waals surface area contributed by atoms with Gasteiger partial charge in [0, 0.05) is 17.5 Å². The lowest BCUT2D eigenvalue weighted by Gasteiger charge is -2.25. The van der Waals surface area contributed by atoms with Crippen LogP contribution in [0, 0.1) is 5.92 Å². The molecule has 0 saturated heterocycles. The van der Waals surface area contributed by atoms with E-state index in [4.69, 9.17) is 0 Å². The van der Waals surface area contributed by atoms with Crippen molar-refractivity contribution in [1.82, 2.24) is 9.62 Å². The molecule has 33 heavy (non-hydrogen) atoms. The number of sulfonamides is 1. The van der Waals surface area contributed by atoms with E-state index in [2.05, 4.69) is 15.0 Å². The van der Waals surface area contributed by atoms with Crippen LogP contribution in [0.15, 0.2) is 63.3 Å². The topological polar surface area (TPSA) is 108 Å². The summed E-state index contributed by atoms with van der Waals surface area (Å²) in [7, 11) is -2.16. The number of rotatable bonds is 8. The lowest BCUT2D eigenvalue weighted by molar-refractivity contribution is -0.135. The Kier molecular flexibility index (Phi) is 7.80. The molecule has 1 aliphatic heterocycles. The number of anilines is 1. The van der Waals surface area contributed by atoms with E-state index < -0.39 is 16.1 Å². The number of fused-ring (bicyclic) bond motifs is 1. The van der Waals surface area contributed by atoms with Crippen LogP contribution in [0.5, 0.6) is 0 Å². The Morgan fingerprint density at radius 3 is 2.52 bits per heavy atom. The lowest BCUT2D eigenvalue weighted by Crippen LogP contribution is -2.43. The van der Waals surface area contributed by atoms with Crippen molar-refractivity contribution in [3.8, 4) is 0 Å². The Morgan fingerprint density at radius 1 is 1.15 bits per heavy atom. The van der Waals surface area contributed by atoms with Crippen molar-refractivity contribution < 1.29 is 18.0 Å². The molecule has 176 valence electrons. The molecule has 1 heterocycles. The number of amides is 2. The maximum Gasteiger partial charge on any atom is 0.263 e. The van der Waals surface area contributed by atoms with Crippen LogP contribution in [0.1, 0.15) is 25.8 Å². The summed E-state index contributed by atoms with van der Waals surface area (Å²) in [6.07, 6.45) is 2.58. The van der Waals surface area contributed by atoms with Crippen molar-refractivity contribution in [1.29, 1.82) is 0 Å². The molecule has 0 radical (unpaired) electrons. The Labute approximate surface area is 198 Å². The van der Waals surface area contributed by atoms with Crippen molar-refractivity contribution in [3.05, 3.63) is 54.1 Å². The fourth-order valence-electron chi connectivity index (χ4n) is 3.47. The predicted molar refractivity (Wildman–Crippen MR) is 131 cm³/mol. The summed E-state index contributed by atoms with van der Waals surface area (Å²) in [6.45, 7) is 3.66. The fraction of sp³-hybridized carbons (Fsp3) is 0.348. The number of hydrogen-bond donors (Lipinski definition) is 2. The van der Waals surface area contributed by atoms with Crippen LogP contribution in [-0.2, 0) is 19.6 Å². The van der Waals surface area contributed by atoms with Gasteiger partial charge in [0.05, 0.1) is 17.1 Å². The summed E-state index contributed by atoms with van der Waals surface area (Å²) in [5.41, 5.74) is 1.12. The average Bonchev–Trinajstić information content (AvgIpc) is 3.06. The van der Waals surface area contributed by atoms with Gasteiger partial charge in [-0.2, -0.15) is 0 Å². The summed E-state index contributed by atoms with van der Waals surface area (Å²) < 4.78 is 27.3. The fourth-order valence-corrected chi connectivity index (χ4v) is 5.27. The summed E-state index contributed by atoms with van der Waals surface area (Å²) in [4.78, 5) is 32.8. The third kappa shape index (κ3) is 5.56. The van der Waals surface area contributed by atoms with E-state index in [0.717, 1.165) is 4.90 Å². The summed E-state index contributed by atoms with van der Waals surface area (Å²) in [5.74, 6) is -0.690. The zero-order valence-electron chi connectivity index (χ0n) is 19.0. The molecule has 0 fully saturated rings. The molecular formula is C23H28N4O4S2. The minimum Gasteiger partial charge on any atom is -0.335 e. The highest BCUT2D eigenvalue weighted by atomic mass is 32.2. The van der Waals surface area contributed by atoms with Gasteiger partial charge in [0.25, 0.3) is 10.0 Å². The van der Waals surface area contributed by atoms with Crippen LogP contribution >= 0.6 is 11.8 Å². The second kappa shape index (κ2) is 10.4. The number of para-hydroxylation sites is 1. The van der Waals surface area contributed by atoms with Gasteiger partial charge in [0.2, 0.25) is 11.8 Å². The zero-order chi connectivity index (χ0) is 24.2. The molecule has 2 atom stereocenters. The first-order valence-corrected chi connectivity index (χ1v) is 13.3. The molecule has 2 aromatic carbocycles. The highest BCUT2D eigenvalue weighted by Crippen LogP contribution is 2.26. The van der Waals surface area contributed by atoms with Gasteiger partial charge in [-0.1, -0.05) is 44.5 Å². The van der Waals surface area contributed by atoms with Gasteiger partial charge in [-0.15, -0.1) is 11.8 Å². The molecule has 0 spiro atoms. The van der Waals surface area contributed by atoms with Crippen LogP contribution in [0.2, 0.25) is 0 Å². The number of thioether (sulfide) groups is 1. The van der Waals surface area contributed by atoms with Gasteiger partial charge in [0.15, 0.2) is 0 Å². The number of likely N-dealkylation sites (N-methyl/N-ethyl adjacent to an activating group) is 1. The van der Waals surface area contributed by atoms with Gasteiger partial charge in [-0.25, -0.2) is 8.42 Å². The molecular weight excluding hydrogens is 460 g/mol. The number of carbonyl (C=O) groups is 2. The highest BCUT2D eigenvalue weighted by Gasteiger charge is 2.34. The summed E-state index contributed by atoms with van der Waals surface area (Å²) >= 11 is 1.52. The molecule has 0 bridgehead atoms. The molecule has 2 amide bonds. The number of benzene rings is 2. The van der Waals surface area contributed by atoms with E-state index >= 15 is 0 Å². The standard InChI is InChI=1S/C23H28N4O4S2/c1-5-15(2)21(25-22-16-10-6-9-13-19(16)33(30,31)26-22)23(29)27(3)14-20(28)24-17-11-7-8-12-18(17)32-4/h6-13,15,21H,5,14H2,1-4H3,(H,24,28)(H,25,26)/t15-,21-/m0/s1. The first-order valence-electron chi connectivity index (χ1n) is 10.6. The Balaban J connectivity index is 1.80. The van der Waals surface area contributed by atoms with Crippen molar-refractivity contribution in [2.75, 3.05) is 25.2 Å². The Bertz CT molecular complexity index is 1180.